The van der Waals surface area contributed by atoms with E-state index in [-0.39, 0.29) is 12.4 Å². The van der Waals surface area contributed by atoms with Gasteiger partial charge in [-0.2, -0.15) is 0 Å². The van der Waals surface area contributed by atoms with Crippen molar-refractivity contribution in [2.24, 2.45) is 0 Å². The molecule has 0 aliphatic carbocycles. The van der Waals surface area contributed by atoms with Gasteiger partial charge in [0.1, 0.15) is 0 Å². The van der Waals surface area contributed by atoms with Crippen molar-refractivity contribution in [3.8, 4) is 11.6 Å². The van der Waals surface area contributed by atoms with Crippen LogP contribution in [0.15, 0.2) is 12.3 Å². The first-order valence-electron chi connectivity index (χ1n) is 3.26. The molecule has 1 aliphatic rings. The van der Waals surface area contributed by atoms with Crippen LogP contribution in [0, 0.1) is 0 Å². The van der Waals surface area contributed by atoms with E-state index in [1.54, 1.807) is 0 Å². The van der Waals surface area contributed by atoms with E-state index in [9.17, 15) is 4.79 Å². The second-order valence-electron chi connectivity index (χ2n) is 2.24. The van der Waals surface area contributed by atoms with E-state index in [0.29, 0.717) is 11.6 Å². The molecule has 0 unspecified atom stereocenters. The number of rotatable bonds is 1. The number of hydrogen-bond donors (Lipinski definition) is 1. The fourth-order valence-corrected chi connectivity index (χ4v) is 0.910. The number of aromatic carboxylic acids is 1. The van der Waals surface area contributed by atoms with E-state index in [2.05, 4.69) is 4.98 Å². The Hall–Kier alpha value is -1.78. The van der Waals surface area contributed by atoms with Gasteiger partial charge in [-0.15, -0.1) is 0 Å². The van der Waals surface area contributed by atoms with Crippen molar-refractivity contribution in [1.82, 2.24) is 4.98 Å². The van der Waals surface area contributed by atoms with Crippen LogP contribution in [0.1, 0.15) is 10.4 Å². The maximum absolute atomic E-state index is 10.5. The van der Waals surface area contributed by atoms with Gasteiger partial charge in [-0.05, 0) is 0 Å². The summed E-state index contributed by atoms with van der Waals surface area (Å²) in [7, 11) is 0. The largest absolute Gasteiger partial charge is 0.478 e. The highest BCUT2D eigenvalue weighted by Crippen LogP contribution is 2.29. The van der Waals surface area contributed by atoms with Crippen LogP contribution >= 0.6 is 0 Å². The van der Waals surface area contributed by atoms with Crippen molar-refractivity contribution in [2.45, 2.75) is 0 Å². The lowest BCUT2D eigenvalue weighted by Crippen LogP contribution is -1.96. The van der Waals surface area contributed by atoms with Crippen molar-refractivity contribution in [3.63, 3.8) is 0 Å². The Labute approximate surface area is 67.6 Å². The molecule has 5 nitrogen and oxygen atoms in total. The van der Waals surface area contributed by atoms with Crippen molar-refractivity contribution >= 4 is 5.97 Å². The predicted octanol–water partition coefficient (Wildman–Crippen LogP) is 0.508. The van der Waals surface area contributed by atoms with Gasteiger partial charge < -0.3 is 14.6 Å². The number of carboxylic acids is 1. The highest BCUT2D eigenvalue weighted by atomic mass is 16.7. The second kappa shape index (κ2) is 2.37. The molecule has 0 aromatic carbocycles. The third kappa shape index (κ3) is 0.952. The van der Waals surface area contributed by atoms with Crippen LogP contribution in [0.5, 0.6) is 11.6 Å². The Morgan fingerprint density at radius 2 is 2.42 bits per heavy atom. The first-order chi connectivity index (χ1) is 5.77. The average molecular weight is 167 g/mol. The van der Waals surface area contributed by atoms with Crippen molar-refractivity contribution < 1.29 is 19.4 Å². The molecular weight excluding hydrogens is 162 g/mol. The van der Waals surface area contributed by atoms with Gasteiger partial charge in [0.2, 0.25) is 6.79 Å². The smallest absolute Gasteiger partial charge is 0.337 e. The summed E-state index contributed by atoms with van der Waals surface area (Å²) in [6, 6.07) is 1.39. The maximum atomic E-state index is 10.5. The Balaban J connectivity index is 2.45. The zero-order chi connectivity index (χ0) is 8.55. The maximum Gasteiger partial charge on any atom is 0.337 e. The number of carbonyl (C=O) groups is 1. The molecule has 1 N–H and O–H groups in total. The highest BCUT2D eigenvalue weighted by Gasteiger charge is 2.16. The Kier molecular flexibility index (Phi) is 1.36. The minimum atomic E-state index is -1.03. The molecular formula is C7H5NO4. The number of carboxylic acid groups (broad SMARTS) is 1. The minimum Gasteiger partial charge on any atom is -0.478 e. The van der Waals surface area contributed by atoms with Crippen LogP contribution in [-0.2, 0) is 0 Å². The zero-order valence-electron chi connectivity index (χ0n) is 5.98. The van der Waals surface area contributed by atoms with E-state index < -0.39 is 5.97 Å². The van der Waals surface area contributed by atoms with Gasteiger partial charge in [0.25, 0.3) is 5.88 Å². The van der Waals surface area contributed by atoms with Crippen LogP contribution in [-0.4, -0.2) is 22.9 Å². The summed E-state index contributed by atoms with van der Waals surface area (Å²) in [5.74, 6) is -0.296. The average Bonchev–Trinajstić information content (AvgIpc) is 2.49. The molecule has 1 aromatic rings. The third-order valence-electron chi connectivity index (χ3n) is 1.48. The molecule has 0 atom stereocenters. The molecule has 0 amide bonds. The normalized spacial score (nSPS) is 13.0. The van der Waals surface area contributed by atoms with E-state index in [1.807, 2.05) is 0 Å². The second-order valence-corrected chi connectivity index (χ2v) is 2.24. The van der Waals surface area contributed by atoms with Gasteiger partial charge in [-0.3, -0.25) is 0 Å². The fourth-order valence-electron chi connectivity index (χ4n) is 0.910. The van der Waals surface area contributed by atoms with Gasteiger partial charge in [-0.1, -0.05) is 0 Å². The molecule has 0 bridgehead atoms. The van der Waals surface area contributed by atoms with E-state index >= 15 is 0 Å². The van der Waals surface area contributed by atoms with Crippen LogP contribution in [0.3, 0.4) is 0 Å². The summed E-state index contributed by atoms with van der Waals surface area (Å²) in [4.78, 5) is 14.2. The number of ether oxygens (including phenoxy) is 2. The molecule has 1 aromatic heterocycles. The summed E-state index contributed by atoms with van der Waals surface area (Å²) in [5.41, 5.74) is 0.0965. The summed E-state index contributed by atoms with van der Waals surface area (Å²) in [6.45, 7) is 0.103. The van der Waals surface area contributed by atoms with Gasteiger partial charge in [0.15, 0.2) is 5.75 Å². The lowest BCUT2D eigenvalue weighted by atomic mass is 10.3. The van der Waals surface area contributed by atoms with E-state index in [4.69, 9.17) is 14.6 Å². The summed E-state index contributed by atoms with van der Waals surface area (Å²) >= 11 is 0. The molecule has 12 heavy (non-hydrogen) atoms. The van der Waals surface area contributed by atoms with Gasteiger partial charge in [-0.25, -0.2) is 9.78 Å². The zero-order valence-corrected chi connectivity index (χ0v) is 5.98. The van der Waals surface area contributed by atoms with Crippen molar-refractivity contribution in [3.05, 3.63) is 17.8 Å². The van der Waals surface area contributed by atoms with E-state index in [0.717, 1.165) is 0 Å². The number of nitrogens with zero attached hydrogens (tertiary/aromatic N) is 1. The van der Waals surface area contributed by atoms with Crippen LogP contribution in [0.25, 0.3) is 0 Å². The van der Waals surface area contributed by atoms with Crippen LogP contribution < -0.4 is 9.47 Å². The standard InChI is InChI=1S/C7H5NO4/c9-7(10)4-1-5-6(8-2-4)12-3-11-5/h1-2H,3H2,(H,9,10). The lowest BCUT2D eigenvalue weighted by Gasteiger charge is -1.95. The third-order valence-corrected chi connectivity index (χ3v) is 1.48. The molecule has 0 saturated heterocycles. The molecule has 0 spiro atoms. The SMILES string of the molecule is O=C(O)c1cnc2c(c1)OCO2. The van der Waals surface area contributed by atoms with Gasteiger partial charge in [0, 0.05) is 12.3 Å². The summed E-state index contributed by atoms with van der Waals surface area (Å²) in [5, 5.41) is 8.58. The topological polar surface area (TPSA) is 68.7 Å². The lowest BCUT2D eigenvalue weighted by molar-refractivity contribution is 0.0696. The summed E-state index contributed by atoms with van der Waals surface area (Å²) in [6.07, 6.45) is 1.23. The van der Waals surface area contributed by atoms with Crippen LogP contribution in [0.2, 0.25) is 0 Å². The number of aromatic nitrogens is 1. The monoisotopic (exact) mass is 167 g/mol. The number of hydrogen-bond acceptors (Lipinski definition) is 4. The Bertz CT molecular complexity index is 336. The molecule has 1 aliphatic heterocycles. The minimum absolute atomic E-state index is 0.0965. The number of fused-ring (bicyclic) bond motifs is 1. The highest BCUT2D eigenvalue weighted by molar-refractivity contribution is 5.87. The molecule has 2 heterocycles. The first-order valence-corrected chi connectivity index (χ1v) is 3.26. The number of pyridine rings is 1. The van der Waals surface area contributed by atoms with Gasteiger partial charge >= 0.3 is 5.97 Å². The Morgan fingerprint density at radius 3 is 3.17 bits per heavy atom. The molecule has 0 saturated carbocycles. The molecule has 0 fully saturated rings. The van der Waals surface area contributed by atoms with Crippen molar-refractivity contribution in [2.75, 3.05) is 6.79 Å². The van der Waals surface area contributed by atoms with Gasteiger partial charge in [0.05, 0.1) is 5.56 Å². The van der Waals surface area contributed by atoms with Crippen LogP contribution in [0.4, 0.5) is 0 Å². The molecule has 5 heteroatoms. The first kappa shape index (κ1) is 6.90. The molecule has 62 valence electrons. The Morgan fingerprint density at radius 1 is 1.58 bits per heavy atom. The molecule has 2 rings (SSSR count). The van der Waals surface area contributed by atoms with E-state index in [1.165, 1.54) is 12.3 Å². The predicted molar refractivity (Wildman–Crippen MR) is 37.3 cm³/mol. The quantitative estimate of drug-likeness (QED) is 0.659. The fraction of sp³-hybridized carbons (Fsp3) is 0.143. The van der Waals surface area contributed by atoms with Crippen molar-refractivity contribution in [1.29, 1.82) is 0 Å². The molecule has 0 radical (unpaired) electrons. The summed E-state index contributed by atoms with van der Waals surface area (Å²) < 4.78 is 9.85.